The van der Waals surface area contributed by atoms with Crippen molar-refractivity contribution in [3.8, 4) is 11.5 Å². The Balaban J connectivity index is 0. The molecule has 1 aromatic carbocycles. The Bertz CT molecular complexity index is 300. The predicted molar refractivity (Wildman–Crippen MR) is 63.6 cm³/mol. The molecule has 0 bridgehead atoms. The molecule has 0 saturated carbocycles. The number of fused-ring (bicyclic) bond motifs is 1. The molecule has 3 heteroatoms. The van der Waals surface area contributed by atoms with Gasteiger partial charge in [-0.3, -0.25) is 6.92 Å². The second-order valence-corrected chi connectivity index (χ2v) is 3.12. The molecule has 0 spiro atoms. The van der Waals surface area contributed by atoms with Crippen LogP contribution in [0.1, 0.15) is 18.9 Å². The molecule has 2 nitrogen and oxygen atoms in total. The van der Waals surface area contributed by atoms with Crippen LogP contribution in [-0.4, -0.2) is 6.29 Å². The summed E-state index contributed by atoms with van der Waals surface area (Å²) in [4.78, 5) is 0. The van der Waals surface area contributed by atoms with Crippen LogP contribution in [0.5, 0.6) is 11.5 Å². The average molecular weight is 266 g/mol. The molecule has 1 aromatic rings. The van der Waals surface area contributed by atoms with E-state index in [-0.39, 0.29) is 30.2 Å². The summed E-state index contributed by atoms with van der Waals surface area (Å²) in [5, 5.41) is 0. The fourth-order valence-corrected chi connectivity index (χ4v) is 1.11. The molecule has 0 N–H and O–H groups in total. The number of hydrogen-bond acceptors (Lipinski definition) is 2. The number of ether oxygens (including phenoxy) is 2. The van der Waals surface area contributed by atoms with Crippen LogP contribution in [0.2, 0.25) is 0 Å². The molecule has 1 aliphatic rings. The van der Waals surface area contributed by atoms with E-state index in [1.54, 1.807) is 0 Å². The van der Waals surface area contributed by atoms with Gasteiger partial charge in [-0.25, -0.2) is 0 Å². The zero-order chi connectivity index (χ0) is 10.6. The van der Waals surface area contributed by atoms with Crippen LogP contribution in [0.15, 0.2) is 18.2 Å². The molecular formula is C13H19NiO2. The predicted octanol–water partition coefficient (Wildman–Crippen LogP) is 3.60. The Morgan fingerprint density at radius 2 is 1.75 bits per heavy atom. The quantitative estimate of drug-likeness (QED) is 0.527. The minimum atomic E-state index is -0.383. The summed E-state index contributed by atoms with van der Waals surface area (Å²) in [6, 6.07) is 5.83. The topological polar surface area (TPSA) is 18.5 Å². The van der Waals surface area contributed by atoms with Crippen LogP contribution in [0, 0.1) is 28.2 Å². The van der Waals surface area contributed by atoms with E-state index in [1.807, 2.05) is 32.0 Å². The Kier molecular flexibility index (Phi) is 9.36. The van der Waals surface area contributed by atoms with Crippen molar-refractivity contribution in [2.45, 2.75) is 26.6 Å². The number of hydrogen-bond donors (Lipinski definition) is 0. The first-order valence-electron chi connectivity index (χ1n) is 4.73. The van der Waals surface area contributed by atoms with Gasteiger partial charge in [0.15, 0.2) is 11.5 Å². The van der Waals surface area contributed by atoms with Crippen LogP contribution in [0.3, 0.4) is 0 Å². The molecule has 1 aliphatic heterocycles. The smallest absolute Gasteiger partial charge is 0.480 e. The van der Waals surface area contributed by atoms with Gasteiger partial charge in [-0.2, -0.15) is 6.42 Å². The van der Waals surface area contributed by atoms with Crippen molar-refractivity contribution in [1.29, 1.82) is 0 Å². The van der Waals surface area contributed by atoms with Gasteiger partial charge in [0.1, 0.15) is 6.29 Å². The molecule has 1 radical (unpaired) electrons. The van der Waals surface area contributed by atoms with E-state index < -0.39 is 0 Å². The van der Waals surface area contributed by atoms with E-state index >= 15 is 0 Å². The van der Waals surface area contributed by atoms with Gasteiger partial charge < -0.3 is 23.8 Å². The van der Waals surface area contributed by atoms with Gasteiger partial charge in [0.05, 0.1) is 0 Å². The van der Waals surface area contributed by atoms with E-state index in [9.17, 15) is 0 Å². The van der Waals surface area contributed by atoms with Crippen LogP contribution < -0.4 is 9.47 Å². The van der Waals surface area contributed by atoms with Crippen LogP contribution in [0.25, 0.3) is 0 Å². The second-order valence-electron chi connectivity index (χ2n) is 3.12. The van der Waals surface area contributed by atoms with Crippen molar-refractivity contribution in [1.82, 2.24) is 0 Å². The first kappa shape index (κ1) is 17.7. The minimum absolute atomic E-state index is 0. The molecule has 0 amide bonds. The van der Waals surface area contributed by atoms with Gasteiger partial charge in [0.25, 0.3) is 0 Å². The van der Waals surface area contributed by atoms with Gasteiger partial charge in [-0.05, 0) is 24.6 Å². The number of aryl methyl sites for hydroxylation is 1. The van der Waals surface area contributed by atoms with Crippen molar-refractivity contribution in [2.24, 2.45) is 0 Å². The summed E-state index contributed by atoms with van der Waals surface area (Å²) in [5.41, 5.74) is 1.17. The zero-order valence-corrected chi connectivity index (χ0v) is 11.1. The Morgan fingerprint density at radius 3 is 2.31 bits per heavy atom. The third kappa shape index (κ3) is 4.89. The first-order chi connectivity index (χ1) is 6.67. The van der Waals surface area contributed by atoms with Gasteiger partial charge in [0.2, 0.25) is 0 Å². The van der Waals surface area contributed by atoms with Crippen LogP contribution in [-0.2, 0) is 16.5 Å². The van der Waals surface area contributed by atoms with Gasteiger partial charge in [-0.1, -0.05) is 13.0 Å². The van der Waals surface area contributed by atoms with Crippen molar-refractivity contribution < 1.29 is 26.0 Å². The van der Waals surface area contributed by atoms with Crippen LogP contribution in [0.4, 0.5) is 0 Å². The first-order valence-corrected chi connectivity index (χ1v) is 4.73. The van der Waals surface area contributed by atoms with E-state index in [0.29, 0.717) is 0 Å². The Labute approximate surface area is 109 Å². The summed E-state index contributed by atoms with van der Waals surface area (Å²) in [6.07, 6.45) is 0.617. The second kappa shape index (κ2) is 8.46. The monoisotopic (exact) mass is 265 g/mol. The van der Waals surface area contributed by atoms with Crippen molar-refractivity contribution in [3.05, 3.63) is 45.0 Å². The van der Waals surface area contributed by atoms with Crippen molar-refractivity contribution in [3.63, 3.8) is 0 Å². The molecule has 2 rings (SSSR count). The summed E-state index contributed by atoms with van der Waals surface area (Å²) >= 11 is 0. The van der Waals surface area contributed by atoms with E-state index in [1.165, 1.54) is 5.56 Å². The van der Waals surface area contributed by atoms with Crippen molar-refractivity contribution in [2.75, 3.05) is 0 Å². The van der Waals surface area contributed by atoms with Crippen LogP contribution >= 0.6 is 0 Å². The largest absolute Gasteiger partial charge is 3.00 e. The maximum Gasteiger partial charge on any atom is 3.00 e. The molecule has 1 unspecified atom stereocenters. The van der Waals surface area contributed by atoms with Gasteiger partial charge in [0, 0.05) is 0 Å². The fraction of sp³-hybridized carbons (Fsp3) is 0.308. The Hall–Kier alpha value is -0.686. The zero-order valence-electron chi connectivity index (χ0n) is 10.1. The van der Waals surface area contributed by atoms with Gasteiger partial charge >= 0.3 is 16.5 Å². The number of rotatable bonds is 0. The molecule has 1 atom stereocenters. The molecule has 0 saturated heterocycles. The van der Waals surface area contributed by atoms with E-state index in [2.05, 4.69) is 13.8 Å². The fourth-order valence-electron chi connectivity index (χ4n) is 1.11. The van der Waals surface area contributed by atoms with Crippen molar-refractivity contribution >= 4 is 0 Å². The molecule has 0 fully saturated rings. The molecule has 0 aromatic heterocycles. The molecule has 16 heavy (non-hydrogen) atoms. The maximum absolute atomic E-state index is 5.25. The summed E-state index contributed by atoms with van der Waals surface area (Å²) < 4.78 is 10.5. The molecule has 1 heterocycles. The average Bonchev–Trinajstić information content (AvgIpc) is 2.45. The summed E-state index contributed by atoms with van der Waals surface area (Å²) in [7, 11) is 0. The Morgan fingerprint density at radius 1 is 1.25 bits per heavy atom. The van der Waals surface area contributed by atoms with Gasteiger partial charge in [-0.15, -0.1) is 0 Å². The minimum Gasteiger partial charge on any atom is -0.480 e. The molecular weight excluding hydrogens is 247 g/mol. The normalized spacial score (nSPS) is 15.1. The number of benzene rings is 1. The molecule has 93 valence electrons. The third-order valence-corrected chi connectivity index (χ3v) is 1.62. The third-order valence-electron chi connectivity index (χ3n) is 1.62. The molecule has 0 aliphatic carbocycles. The van der Waals surface area contributed by atoms with E-state index in [4.69, 9.17) is 9.47 Å². The SMILES string of the molecule is [CH2-]C1Oc2ccc(C)cc2O1.[CH2-]CC.[CH3-].[Ni+3]. The summed E-state index contributed by atoms with van der Waals surface area (Å²) in [6.45, 7) is 11.2. The maximum atomic E-state index is 5.25. The van der Waals surface area contributed by atoms with E-state index in [0.717, 1.165) is 17.9 Å². The summed E-state index contributed by atoms with van der Waals surface area (Å²) in [5.74, 6) is 1.58. The standard InChI is InChI=1S/C9H9O2.C3H7.CH3.Ni/c1-6-3-4-8-9(5-6)11-7(2)10-8;1-3-2;;/h3-5,7H,2H2,1H3;1,3H2,2H3;1H3;/q3*-1;+3.